The smallest absolute Gasteiger partial charge is 0.323 e. The molecule has 0 saturated carbocycles. The Balaban J connectivity index is 2.26. The van der Waals surface area contributed by atoms with Crippen LogP contribution in [-0.4, -0.2) is 39.6 Å². The van der Waals surface area contributed by atoms with Crippen LogP contribution in [0.15, 0.2) is 34.9 Å². The molecule has 1 aromatic heterocycles. The Labute approximate surface area is 132 Å². The molecular weight excluding hydrogens is 308 g/mol. The fourth-order valence-electron chi connectivity index (χ4n) is 1.94. The van der Waals surface area contributed by atoms with Gasteiger partial charge in [-0.2, -0.15) is 0 Å². The van der Waals surface area contributed by atoms with Gasteiger partial charge in [0.05, 0.1) is 0 Å². The first-order valence-electron chi connectivity index (χ1n) is 6.64. The summed E-state index contributed by atoms with van der Waals surface area (Å²) in [4.78, 5) is 24.4. The standard InChI is InChI=1S/C15H15ClN2O4/c1-9(2)18(8-14(19)20)15(21)12-7-13(22-17-12)10-4-3-5-11(16)6-10/h3-7,9H,8H2,1-2H3,(H,19,20). The number of nitrogens with zero attached hydrogens (tertiary/aromatic N) is 2. The predicted octanol–water partition coefficient (Wildman–Crippen LogP) is 2.93. The number of carboxylic acids is 1. The largest absolute Gasteiger partial charge is 0.480 e. The lowest BCUT2D eigenvalue weighted by Crippen LogP contribution is -2.40. The van der Waals surface area contributed by atoms with Gasteiger partial charge in [0.25, 0.3) is 5.91 Å². The van der Waals surface area contributed by atoms with Crippen LogP contribution in [0.4, 0.5) is 0 Å². The van der Waals surface area contributed by atoms with Gasteiger partial charge < -0.3 is 14.5 Å². The zero-order valence-corrected chi connectivity index (χ0v) is 12.9. The summed E-state index contributed by atoms with van der Waals surface area (Å²) in [5, 5.41) is 13.2. The molecule has 2 rings (SSSR count). The van der Waals surface area contributed by atoms with Crippen LogP contribution < -0.4 is 0 Å². The molecular formula is C15H15ClN2O4. The van der Waals surface area contributed by atoms with Crippen molar-refractivity contribution in [1.29, 1.82) is 0 Å². The molecule has 0 aliphatic carbocycles. The van der Waals surface area contributed by atoms with Gasteiger partial charge in [-0.3, -0.25) is 9.59 Å². The predicted molar refractivity (Wildman–Crippen MR) is 80.8 cm³/mol. The van der Waals surface area contributed by atoms with Gasteiger partial charge in [-0.15, -0.1) is 0 Å². The molecule has 22 heavy (non-hydrogen) atoms. The maximum Gasteiger partial charge on any atom is 0.323 e. The summed E-state index contributed by atoms with van der Waals surface area (Å²) in [7, 11) is 0. The maximum absolute atomic E-state index is 12.3. The highest BCUT2D eigenvalue weighted by atomic mass is 35.5. The van der Waals surface area contributed by atoms with Crippen molar-refractivity contribution in [2.75, 3.05) is 6.54 Å². The third kappa shape index (κ3) is 3.65. The van der Waals surface area contributed by atoms with Crippen molar-refractivity contribution in [3.63, 3.8) is 0 Å². The Kier molecular flexibility index (Phi) is 4.82. The van der Waals surface area contributed by atoms with Gasteiger partial charge in [-0.25, -0.2) is 0 Å². The molecule has 1 N–H and O–H groups in total. The van der Waals surface area contributed by atoms with E-state index in [4.69, 9.17) is 21.2 Å². The quantitative estimate of drug-likeness (QED) is 0.915. The third-order valence-corrected chi connectivity index (χ3v) is 3.26. The molecule has 1 aromatic carbocycles. The highest BCUT2D eigenvalue weighted by molar-refractivity contribution is 6.30. The zero-order chi connectivity index (χ0) is 16.3. The Morgan fingerprint density at radius 1 is 1.36 bits per heavy atom. The minimum Gasteiger partial charge on any atom is -0.480 e. The van der Waals surface area contributed by atoms with Crippen LogP contribution in [0, 0.1) is 0 Å². The lowest BCUT2D eigenvalue weighted by molar-refractivity contribution is -0.138. The fraction of sp³-hybridized carbons (Fsp3) is 0.267. The van der Waals surface area contributed by atoms with Gasteiger partial charge in [-0.05, 0) is 26.0 Å². The van der Waals surface area contributed by atoms with Crippen LogP contribution in [-0.2, 0) is 4.79 Å². The number of benzene rings is 1. The van der Waals surface area contributed by atoms with Gasteiger partial charge in [0.15, 0.2) is 11.5 Å². The minimum atomic E-state index is -1.08. The molecule has 2 aromatic rings. The van der Waals surface area contributed by atoms with Crippen molar-refractivity contribution < 1.29 is 19.2 Å². The molecule has 0 saturated heterocycles. The molecule has 0 bridgehead atoms. The number of carbonyl (C=O) groups is 2. The second kappa shape index (κ2) is 6.62. The summed E-state index contributed by atoms with van der Waals surface area (Å²) < 4.78 is 5.16. The second-order valence-electron chi connectivity index (χ2n) is 5.01. The SMILES string of the molecule is CC(C)N(CC(=O)O)C(=O)c1cc(-c2cccc(Cl)c2)on1. The molecule has 116 valence electrons. The molecule has 0 atom stereocenters. The summed E-state index contributed by atoms with van der Waals surface area (Å²) >= 11 is 5.91. The van der Waals surface area contributed by atoms with Crippen molar-refractivity contribution in [3.8, 4) is 11.3 Å². The molecule has 0 aliphatic rings. The Morgan fingerprint density at radius 3 is 2.68 bits per heavy atom. The van der Waals surface area contributed by atoms with Crippen molar-refractivity contribution in [1.82, 2.24) is 10.1 Å². The highest BCUT2D eigenvalue weighted by Crippen LogP contribution is 2.24. The molecule has 0 unspecified atom stereocenters. The highest BCUT2D eigenvalue weighted by Gasteiger charge is 2.24. The first-order valence-corrected chi connectivity index (χ1v) is 7.01. The van der Waals surface area contributed by atoms with Crippen LogP contribution in [0.1, 0.15) is 24.3 Å². The average molecular weight is 323 g/mol. The van der Waals surface area contributed by atoms with E-state index in [1.807, 2.05) is 0 Å². The van der Waals surface area contributed by atoms with Gasteiger partial charge in [0.1, 0.15) is 6.54 Å². The van der Waals surface area contributed by atoms with E-state index in [0.29, 0.717) is 16.3 Å². The van der Waals surface area contributed by atoms with E-state index < -0.39 is 18.4 Å². The Morgan fingerprint density at radius 2 is 2.09 bits per heavy atom. The third-order valence-electron chi connectivity index (χ3n) is 3.03. The van der Waals surface area contributed by atoms with Crippen LogP contribution >= 0.6 is 11.6 Å². The lowest BCUT2D eigenvalue weighted by Gasteiger charge is -2.23. The number of halogens is 1. The number of hydrogen-bond acceptors (Lipinski definition) is 4. The lowest BCUT2D eigenvalue weighted by atomic mass is 10.1. The van der Waals surface area contributed by atoms with Crippen molar-refractivity contribution in [2.45, 2.75) is 19.9 Å². The van der Waals surface area contributed by atoms with Gasteiger partial charge in [0.2, 0.25) is 0 Å². The normalized spacial score (nSPS) is 10.7. The van der Waals surface area contributed by atoms with Gasteiger partial charge in [-0.1, -0.05) is 28.9 Å². The van der Waals surface area contributed by atoms with Crippen molar-refractivity contribution >= 4 is 23.5 Å². The second-order valence-corrected chi connectivity index (χ2v) is 5.44. The minimum absolute atomic E-state index is 0.0601. The van der Waals surface area contributed by atoms with Crippen LogP contribution in [0.5, 0.6) is 0 Å². The molecule has 0 aliphatic heterocycles. The Bertz CT molecular complexity index is 696. The number of carbonyl (C=O) groups excluding carboxylic acids is 1. The number of aliphatic carboxylic acids is 1. The van der Waals surface area contributed by atoms with E-state index in [2.05, 4.69) is 5.16 Å². The topological polar surface area (TPSA) is 83.6 Å². The molecule has 0 fully saturated rings. The summed E-state index contributed by atoms with van der Waals surface area (Å²) in [5.41, 5.74) is 0.748. The van der Waals surface area contributed by atoms with E-state index in [9.17, 15) is 9.59 Å². The monoisotopic (exact) mass is 322 g/mol. The van der Waals surface area contributed by atoms with Gasteiger partial charge >= 0.3 is 5.97 Å². The molecule has 0 radical (unpaired) electrons. The Hall–Kier alpha value is -2.34. The number of aromatic nitrogens is 1. The summed E-state index contributed by atoms with van der Waals surface area (Å²) in [5.74, 6) is -1.18. The molecule has 0 spiro atoms. The summed E-state index contributed by atoms with van der Waals surface area (Å²) in [6, 6.07) is 8.15. The van der Waals surface area contributed by atoms with E-state index in [-0.39, 0.29) is 11.7 Å². The maximum atomic E-state index is 12.3. The number of amides is 1. The van der Waals surface area contributed by atoms with E-state index in [0.717, 1.165) is 0 Å². The first-order chi connectivity index (χ1) is 10.4. The molecule has 1 heterocycles. The van der Waals surface area contributed by atoms with Crippen LogP contribution in [0.25, 0.3) is 11.3 Å². The van der Waals surface area contributed by atoms with Crippen molar-refractivity contribution in [2.24, 2.45) is 0 Å². The fourth-order valence-corrected chi connectivity index (χ4v) is 2.13. The van der Waals surface area contributed by atoms with E-state index in [1.165, 1.54) is 11.0 Å². The van der Waals surface area contributed by atoms with Crippen molar-refractivity contribution in [3.05, 3.63) is 41.0 Å². The zero-order valence-electron chi connectivity index (χ0n) is 12.1. The van der Waals surface area contributed by atoms with Crippen LogP contribution in [0.3, 0.4) is 0 Å². The molecule has 1 amide bonds. The summed E-state index contributed by atoms with van der Waals surface area (Å²) in [6.45, 7) is 3.08. The molecule has 6 nitrogen and oxygen atoms in total. The number of carboxylic acid groups (broad SMARTS) is 1. The van der Waals surface area contributed by atoms with E-state index in [1.54, 1.807) is 38.1 Å². The summed E-state index contributed by atoms with van der Waals surface area (Å²) in [6.07, 6.45) is 0. The number of hydrogen-bond donors (Lipinski definition) is 1. The van der Waals surface area contributed by atoms with Crippen LogP contribution in [0.2, 0.25) is 5.02 Å². The van der Waals surface area contributed by atoms with E-state index >= 15 is 0 Å². The average Bonchev–Trinajstić information content (AvgIpc) is 2.93. The molecule has 7 heteroatoms. The number of rotatable bonds is 5. The first kappa shape index (κ1) is 16.0. The van der Waals surface area contributed by atoms with Gasteiger partial charge in [0, 0.05) is 22.7 Å².